The molecule has 8 aliphatic heterocycles. The first-order chi connectivity index (χ1) is 70.3. The van der Waals surface area contributed by atoms with Crippen molar-refractivity contribution in [2.75, 3.05) is 152 Å². The number of halogens is 8. The molecule has 4 unspecified atom stereocenters. The van der Waals surface area contributed by atoms with Crippen molar-refractivity contribution in [3.05, 3.63) is 285 Å². The maximum atomic E-state index is 14.0. The molecule has 4 saturated heterocycles. The quantitative estimate of drug-likeness (QED) is 0.00803. The zero-order chi connectivity index (χ0) is 104. The lowest BCUT2D eigenvalue weighted by atomic mass is 9.95. The number of carboxylic acid groups (broad SMARTS) is 4. The van der Waals surface area contributed by atoms with Gasteiger partial charge in [-0.2, -0.15) is 0 Å². The normalized spacial score (nSPS) is 20.7. The van der Waals surface area contributed by atoms with E-state index in [1.807, 2.05) is 25.9 Å². The van der Waals surface area contributed by atoms with E-state index in [-0.39, 0.29) is 72.8 Å². The van der Waals surface area contributed by atoms with Crippen molar-refractivity contribution >= 4 is 172 Å². The molecule has 8 atom stereocenters. The number of thiazole rings is 4. The van der Waals surface area contributed by atoms with Crippen molar-refractivity contribution in [2.24, 2.45) is 20.0 Å². The Morgan fingerprint density at radius 3 is 1.12 bits per heavy atom. The Labute approximate surface area is 878 Å². The summed E-state index contributed by atoms with van der Waals surface area (Å²) in [5, 5.41) is 59.3. The number of rotatable bonds is 34. The molecule has 0 aliphatic carbocycles. The van der Waals surface area contributed by atoms with E-state index < -0.39 is 107 Å². The standard InChI is InChI=1S/C25H29BrFN5O5S.C24H24BrFN4O5S.2C24H24ClFN4O5S/c1-3-37-25(35)21-19(12-32-7-8-36-14-16(32)11-31(2)13-20(33)34)29-23(24-28-6-9-38-24)30-22(21)17-5-4-15(27)10-18(17)26;1-2-34-24(33)20-18(13-30-8-9-35-15(12-30)4-6-19(31)32)28-22(23-27-7-10-36-23)29-21(20)16-5-3-14(26)11-17(16)25;1-2-35-24(33)20-18(12-30-8-9-34-13-15(30)4-6-19(31)32)28-22(23-27-7-10-36-23)29-21(20)16-5-3-14(26)11-17(16)25;1-2-34-24(33)20-18(13-30-8-9-35-15(12-30)4-6-19(31)32)28-22(23-27-7-10-36-23)29-21(20)16-5-3-14(26)11-17(16)25/h4-6,9-10,16,22H,3,7-8,11-14H2,1-2H3,(H,29,30)(H,33,34);3*3-7,10-11,15,21H,2,8-9,12-13H2,1H3,(H,28,29)(H,31,32)/b;3*6-4+/t16?,22-;3*15?,21-/m0000/s1. The predicted molar refractivity (Wildman–Crippen MR) is 544 cm³/mol. The fraction of sp³-hybridized carbons (Fsp3) is 0.361. The molecule has 8 N–H and O–H groups in total. The largest absolute Gasteiger partial charge is 0.480 e. The summed E-state index contributed by atoms with van der Waals surface area (Å²) >= 11 is 25.2. The fourth-order valence-corrected chi connectivity index (χ4v) is 20.5. The van der Waals surface area contributed by atoms with Gasteiger partial charge in [-0.05, 0) is 107 Å². The number of esters is 4. The molecule has 12 heterocycles. The minimum Gasteiger partial charge on any atom is -0.480 e. The third kappa shape index (κ3) is 30.5. The number of hydrogen-bond donors (Lipinski definition) is 8. The number of carboxylic acids is 4. The molecule has 0 bridgehead atoms. The number of likely N-dealkylation sites (N-methyl/N-ethyl adjacent to an activating group) is 1. The SMILES string of the molecule is CCOC(=O)C1=C(CN2CCOC(/C=C/C(=O)O)C2)NC(c2nccs2)=N[C@H]1c1ccc(F)cc1Br.CCOC(=O)C1=C(CN2CCOC(/C=C/C(=O)O)C2)NC(c2nccs2)=N[C@H]1c1ccc(F)cc1Cl.CCOC(=O)C1=C(CN2CCOCC2/C=C/C(=O)O)NC(c2nccs2)=N[C@H]1c1ccc(F)cc1Cl.CCOC(=O)C1=C(CN2CCOCC2CN(C)CC(=O)O)NC(c2nccs2)=N[C@H]1c1ccc(F)cc1Br. The number of carbonyl (C=O) groups excluding carboxylic acids is 4. The smallest absolute Gasteiger partial charge is 0.338 e. The number of aliphatic imine (C=N–C) groups is 4. The zero-order valence-electron chi connectivity index (χ0n) is 79.0. The molecule has 0 amide bonds. The van der Waals surface area contributed by atoms with Gasteiger partial charge in [0.05, 0.1) is 113 Å². The first kappa shape index (κ1) is 111. The summed E-state index contributed by atoms with van der Waals surface area (Å²) in [4.78, 5) is 144. The minimum absolute atomic E-state index is 0.0963. The van der Waals surface area contributed by atoms with Crippen molar-refractivity contribution in [3.8, 4) is 0 Å². The summed E-state index contributed by atoms with van der Waals surface area (Å²) in [6.45, 7) is 14.6. The van der Waals surface area contributed by atoms with Gasteiger partial charge in [-0.25, -0.2) is 71.1 Å². The van der Waals surface area contributed by atoms with Crippen LogP contribution in [0, 0.1) is 23.3 Å². The Bertz CT molecular complexity index is 6190. The first-order valence-corrected chi connectivity index (χ1v) is 51.5. The van der Waals surface area contributed by atoms with Crippen LogP contribution in [-0.4, -0.2) is 312 Å². The molecule has 774 valence electrons. The highest BCUT2D eigenvalue weighted by Gasteiger charge is 2.42. The van der Waals surface area contributed by atoms with E-state index in [1.54, 1.807) is 88.0 Å². The summed E-state index contributed by atoms with van der Waals surface area (Å²) in [6, 6.07) is 12.7. The molecule has 16 rings (SSSR count). The molecule has 4 aromatic carbocycles. The number of aliphatic carboxylic acids is 4. The third-order valence-electron chi connectivity index (χ3n) is 22.8. The molecule has 146 heavy (non-hydrogen) atoms. The number of morpholine rings is 4. The number of aromatic nitrogens is 4. The van der Waals surface area contributed by atoms with E-state index in [1.165, 1.54) is 118 Å². The van der Waals surface area contributed by atoms with Gasteiger partial charge in [-0.15, -0.1) is 45.3 Å². The molecule has 0 spiro atoms. The van der Waals surface area contributed by atoms with E-state index in [4.69, 9.17) is 96.4 Å². The molecule has 0 radical (unpaired) electrons. The Morgan fingerprint density at radius 1 is 0.452 bits per heavy atom. The topological polar surface area (TPSA) is 457 Å². The maximum Gasteiger partial charge on any atom is 0.338 e. The number of ether oxygens (including phenoxy) is 8. The molecule has 8 aromatic rings. The van der Waals surface area contributed by atoms with Crippen LogP contribution in [0.5, 0.6) is 0 Å². The van der Waals surface area contributed by atoms with Gasteiger partial charge in [0, 0.05) is 195 Å². The number of amidine groups is 4. The zero-order valence-corrected chi connectivity index (χ0v) is 86.9. The molecule has 4 fully saturated rings. The van der Waals surface area contributed by atoms with Gasteiger partial charge < -0.3 is 79.6 Å². The Morgan fingerprint density at radius 2 is 0.781 bits per heavy atom. The van der Waals surface area contributed by atoms with Crippen LogP contribution >= 0.6 is 100 Å². The van der Waals surface area contributed by atoms with Gasteiger partial charge >= 0.3 is 47.8 Å². The van der Waals surface area contributed by atoms with Gasteiger partial charge in [0.1, 0.15) is 47.4 Å². The summed E-state index contributed by atoms with van der Waals surface area (Å²) in [5.74, 6) is -6.24. The van der Waals surface area contributed by atoms with Crippen LogP contribution in [0.25, 0.3) is 0 Å². The number of nitrogens with zero attached hydrogens (tertiary/aromatic N) is 13. The molecule has 4 aromatic heterocycles. The van der Waals surface area contributed by atoms with E-state index in [0.29, 0.717) is 214 Å². The number of carbonyl (C=O) groups is 8. The fourth-order valence-electron chi connectivity index (χ4n) is 16.4. The summed E-state index contributed by atoms with van der Waals surface area (Å²) < 4.78 is 101. The van der Waals surface area contributed by atoms with E-state index in [0.717, 1.165) is 18.2 Å². The minimum atomic E-state index is -1.06. The van der Waals surface area contributed by atoms with Gasteiger partial charge in [0.25, 0.3) is 0 Å². The summed E-state index contributed by atoms with van der Waals surface area (Å²) in [7, 11) is 1.75. The van der Waals surface area contributed by atoms with Crippen molar-refractivity contribution in [3.63, 3.8) is 0 Å². The summed E-state index contributed by atoms with van der Waals surface area (Å²) in [6.07, 6.45) is 13.5. The Balaban J connectivity index is 0.000000163. The lowest BCUT2D eigenvalue weighted by Crippen LogP contribution is -2.53. The number of benzene rings is 4. The highest BCUT2D eigenvalue weighted by atomic mass is 79.9. The first-order valence-electron chi connectivity index (χ1n) is 45.7. The van der Waals surface area contributed by atoms with Gasteiger partial charge in [0.2, 0.25) is 0 Å². The average molecular weight is 2260 g/mol. The van der Waals surface area contributed by atoms with Gasteiger partial charge in [-0.3, -0.25) is 49.3 Å². The lowest BCUT2D eigenvalue weighted by molar-refractivity contribution is -0.140. The highest BCUT2D eigenvalue weighted by Crippen LogP contribution is 2.43. The van der Waals surface area contributed by atoms with E-state index in [2.05, 4.69) is 82.9 Å². The van der Waals surface area contributed by atoms with Crippen LogP contribution in [0.4, 0.5) is 17.6 Å². The van der Waals surface area contributed by atoms with Crippen molar-refractivity contribution in [2.45, 2.75) is 76.2 Å². The van der Waals surface area contributed by atoms with Crippen LogP contribution < -0.4 is 21.3 Å². The number of nitrogens with one attached hydrogen (secondary N) is 4. The highest BCUT2D eigenvalue weighted by molar-refractivity contribution is 9.10. The molecule has 8 aliphatic rings. The average Bonchev–Trinajstić information content (AvgIpc) is 1.14. The molecular formula is C97H101Br2Cl2F4N17O20S4. The Hall–Kier alpha value is -11.9. The van der Waals surface area contributed by atoms with Gasteiger partial charge in [0.15, 0.2) is 43.4 Å². The lowest BCUT2D eigenvalue weighted by Gasteiger charge is -2.39. The third-order valence-corrected chi connectivity index (χ3v) is 28.0. The maximum absolute atomic E-state index is 14.0. The van der Waals surface area contributed by atoms with Crippen molar-refractivity contribution in [1.82, 2.24) is 65.7 Å². The molecule has 37 nitrogen and oxygen atoms in total. The molecule has 49 heteroatoms. The predicted octanol–water partition coefficient (Wildman–Crippen LogP) is 12.3. The van der Waals surface area contributed by atoms with E-state index in [9.17, 15) is 61.0 Å². The Kier molecular flexibility index (Phi) is 41.3. The van der Waals surface area contributed by atoms with Crippen LogP contribution in [0.3, 0.4) is 0 Å². The second-order valence-corrected chi connectivity index (χ2v) is 38.9. The number of hydrogen-bond acceptors (Lipinski definition) is 37. The molecule has 0 saturated carbocycles. The van der Waals surface area contributed by atoms with Crippen LogP contribution in [0.1, 0.15) is 94.1 Å². The molecular weight excluding hydrogens is 2160 g/mol. The second-order valence-electron chi connectivity index (χ2n) is 32.8. The van der Waals surface area contributed by atoms with Crippen LogP contribution in [0.2, 0.25) is 10.0 Å². The summed E-state index contributed by atoms with van der Waals surface area (Å²) in [5.41, 5.74) is 5.48. The van der Waals surface area contributed by atoms with Gasteiger partial charge in [-0.1, -0.05) is 85.4 Å². The second kappa shape index (κ2) is 54.2. The van der Waals surface area contributed by atoms with E-state index >= 15 is 0 Å². The van der Waals surface area contributed by atoms with Crippen molar-refractivity contribution in [1.29, 1.82) is 0 Å². The van der Waals surface area contributed by atoms with Crippen LogP contribution in [-0.2, 0) is 76.3 Å². The monoisotopic (exact) mass is 2260 g/mol. The van der Waals surface area contributed by atoms with Crippen LogP contribution in [0.15, 0.2) is 230 Å². The van der Waals surface area contributed by atoms with Crippen molar-refractivity contribution < 1.29 is 114 Å².